The fourth-order valence-electron chi connectivity index (χ4n) is 20.8. The van der Waals surface area contributed by atoms with Gasteiger partial charge in [0.2, 0.25) is 51.9 Å². The van der Waals surface area contributed by atoms with E-state index < -0.39 is 73.6 Å². The minimum absolute atomic E-state index is 0. The molecule has 36 heteroatoms. The number of hydrogen-bond donors (Lipinski definition) is 6. The van der Waals surface area contributed by atoms with Crippen molar-refractivity contribution in [3.63, 3.8) is 0 Å². The average molecular weight is 2120 g/mol. The molecule has 6 N–H and O–H groups in total. The van der Waals surface area contributed by atoms with Crippen LogP contribution in [-0.4, -0.2) is 212 Å². The van der Waals surface area contributed by atoms with Gasteiger partial charge >= 0.3 is 0 Å². The van der Waals surface area contributed by atoms with Crippen molar-refractivity contribution in [2.45, 2.75) is 187 Å². The summed E-state index contributed by atoms with van der Waals surface area (Å²) in [6.07, 6.45) is 14.6. The monoisotopic (exact) mass is 2120 g/mol. The molecule has 0 radical (unpaired) electrons. The quantitative estimate of drug-likeness (QED) is 0.0228. The van der Waals surface area contributed by atoms with Crippen molar-refractivity contribution in [1.82, 2.24) is 37.2 Å². The zero-order valence-corrected chi connectivity index (χ0v) is 85.7. The van der Waals surface area contributed by atoms with Gasteiger partial charge in [0.1, 0.15) is 40.3 Å². The van der Waals surface area contributed by atoms with Crippen LogP contribution in [0.15, 0.2) is 279 Å². The number of aliphatic hydroxyl groups excluding tert-OH is 4. The van der Waals surface area contributed by atoms with Gasteiger partial charge in [-0.15, -0.1) is 0 Å². The predicted molar refractivity (Wildman–Crippen MR) is 573 cm³/mol. The zero-order chi connectivity index (χ0) is 104. The normalized spacial score (nSPS) is 19.4. The molecule has 8 aromatic carbocycles. The number of aliphatic hydroxyl groups is 4. The summed E-state index contributed by atoms with van der Waals surface area (Å²) < 4.78 is 145. The van der Waals surface area contributed by atoms with E-state index in [0.29, 0.717) is 152 Å². The predicted octanol–water partition coefficient (Wildman–Crippen LogP) is 18.1. The van der Waals surface area contributed by atoms with Crippen LogP contribution in [0.4, 0.5) is 16.0 Å². The molecule has 13 aromatic rings. The number of carbonyl (C=O) groups excluding carboxylic acids is 4. The summed E-state index contributed by atoms with van der Waals surface area (Å²) >= 11 is 6.29. The molecule has 5 aliphatic heterocycles. The first-order chi connectivity index (χ1) is 71.4. The van der Waals surface area contributed by atoms with E-state index in [0.717, 1.165) is 108 Å². The first kappa shape index (κ1) is 104. The molecule has 4 aliphatic carbocycles. The highest BCUT2D eigenvalue weighted by Gasteiger charge is 2.55. The van der Waals surface area contributed by atoms with E-state index in [4.69, 9.17) is 40.2 Å². The first-order valence-corrected chi connectivity index (χ1v) is 55.9. The fraction of sp³-hybridized carbons (Fsp3) is 0.339. The summed E-state index contributed by atoms with van der Waals surface area (Å²) in [6.45, 7) is 1.61. The third kappa shape index (κ3) is 21.3. The summed E-state index contributed by atoms with van der Waals surface area (Å²) in [4.78, 5) is 72.5. The van der Waals surface area contributed by atoms with E-state index in [1.165, 1.54) is 54.2 Å². The molecule has 4 saturated carbocycles. The summed E-state index contributed by atoms with van der Waals surface area (Å²) in [6, 6.07) is 70.5. The Morgan fingerprint density at radius 2 is 0.757 bits per heavy atom. The van der Waals surface area contributed by atoms with E-state index in [2.05, 4.69) is 26.7 Å². The molecule has 10 heterocycles. The number of sulfonamides is 4. The number of benzene rings is 8. The Labute approximate surface area is 875 Å². The maximum Gasteiger partial charge on any atom is 0.243 e. The number of rotatable bonds is 32. The molecule has 30 nitrogen and oxygen atoms in total. The van der Waals surface area contributed by atoms with Gasteiger partial charge in [-0.05, 0) is 276 Å². The van der Waals surface area contributed by atoms with Crippen molar-refractivity contribution in [2.75, 3.05) is 84.1 Å². The van der Waals surface area contributed by atoms with Gasteiger partial charge in [-0.1, -0.05) is 115 Å². The van der Waals surface area contributed by atoms with Crippen LogP contribution in [-0.2, 0) is 100 Å². The van der Waals surface area contributed by atoms with Crippen LogP contribution >= 0.6 is 11.6 Å². The summed E-state index contributed by atoms with van der Waals surface area (Å²) in [5, 5.41) is 45.4. The molecule has 22 rings (SSSR count). The Morgan fingerprint density at radius 3 is 1.12 bits per heavy atom. The number of pyridine rings is 4. The van der Waals surface area contributed by atoms with Gasteiger partial charge in [0.15, 0.2) is 11.6 Å². The number of Topliss-reactive ketones (excluding diaryl/α,β-unsaturated/α-hetero) is 2. The van der Waals surface area contributed by atoms with Gasteiger partial charge in [0.05, 0.1) is 123 Å². The van der Waals surface area contributed by atoms with E-state index in [1.807, 2.05) is 78.9 Å². The van der Waals surface area contributed by atoms with Crippen LogP contribution in [0.3, 0.4) is 0 Å². The molecular weight excluding hydrogens is 1990 g/mol. The molecule has 148 heavy (non-hydrogen) atoms. The lowest BCUT2D eigenvalue weighted by Gasteiger charge is -2.22. The van der Waals surface area contributed by atoms with E-state index in [9.17, 15) is 77.7 Å². The molecule has 5 aromatic heterocycles. The minimum atomic E-state index is -3.71. The second-order valence-corrected chi connectivity index (χ2v) is 47.0. The zero-order valence-electron chi connectivity index (χ0n) is 81.6. The summed E-state index contributed by atoms with van der Waals surface area (Å²) in [5.41, 5.74) is 10.1. The van der Waals surface area contributed by atoms with Crippen molar-refractivity contribution in [2.24, 2.45) is 0 Å². The molecule has 8 fully saturated rings. The van der Waals surface area contributed by atoms with Crippen LogP contribution in [0, 0.1) is 5.82 Å². The second-order valence-electron chi connectivity index (χ2n) is 39.0. The Kier molecular flexibility index (Phi) is 30.2. The Morgan fingerprint density at radius 1 is 0.412 bits per heavy atom. The number of methoxy groups -OCH3 is 2. The van der Waals surface area contributed by atoms with Crippen molar-refractivity contribution < 1.29 is 108 Å². The van der Waals surface area contributed by atoms with Crippen molar-refractivity contribution in [1.29, 1.82) is 0 Å². The van der Waals surface area contributed by atoms with E-state index in [1.54, 1.807) is 153 Å². The second kappa shape index (κ2) is 43.1. The third-order valence-corrected chi connectivity index (χ3v) is 38.2. The number of nitrogens with one attached hydrogen (secondary N) is 2. The highest BCUT2D eigenvalue weighted by Crippen LogP contribution is 2.55. The molecule has 0 unspecified atom stereocenters. The molecule has 4 atom stereocenters. The third-order valence-electron chi connectivity index (χ3n) is 30.0. The number of fused-ring (bicyclic) bond motifs is 2. The lowest BCUT2D eigenvalue weighted by Crippen LogP contribution is -2.37. The highest BCUT2D eigenvalue weighted by molar-refractivity contribution is 7.90. The number of amides is 2. The van der Waals surface area contributed by atoms with Crippen LogP contribution in [0.25, 0.3) is 56.0 Å². The lowest BCUT2D eigenvalue weighted by atomic mass is 9.87. The maximum atomic E-state index is 14.2. The number of halogens is 2. The number of nitrogens with zero attached hydrogens (tertiary/aromatic N) is 8. The van der Waals surface area contributed by atoms with E-state index in [-0.39, 0.29) is 118 Å². The number of aromatic nitrogens is 4. The Bertz CT molecular complexity index is 7490. The van der Waals surface area contributed by atoms with Gasteiger partial charge in [0, 0.05) is 120 Å². The topological polar surface area (TPSA) is 415 Å². The number of hydrogen-bond acceptors (Lipinski definition) is 24. The van der Waals surface area contributed by atoms with Gasteiger partial charge in [0.25, 0.3) is 0 Å². The highest BCUT2D eigenvalue weighted by atomic mass is 35.5. The minimum Gasteiger partial charge on any atom is -0.495 e. The molecule has 786 valence electrons. The summed E-state index contributed by atoms with van der Waals surface area (Å²) in [5.74, 6) is 1.79. The maximum absolute atomic E-state index is 14.2. The molecule has 0 bridgehead atoms. The Hall–Kier alpha value is -12.7. The molecule has 2 amide bonds. The van der Waals surface area contributed by atoms with Gasteiger partial charge in [-0.2, -0.15) is 17.2 Å². The molecule has 9 aliphatic rings. The largest absolute Gasteiger partial charge is 0.495 e. The lowest BCUT2D eigenvalue weighted by molar-refractivity contribution is -0.121. The van der Waals surface area contributed by atoms with Crippen molar-refractivity contribution >= 4 is 97.7 Å². The van der Waals surface area contributed by atoms with Crippen LogP contribution in [0.5, 0.6) is 17.2 Å². The number of ketones is 2. The molecule has 4 saturated heterocycles. The smallest absolute Gasteiger partial charge is 0.243 e. The van der Waals surface area contributed by atoms with Gasteiger partial charge < -0.3 is 49.7 Å². The van der Waals surface area contributed by atoms with E-state index >= 15 is 0 Å². The van der Waals surface area contributed by atoms with Gasteiger partial charge in [-0.3, -0.25) is 29.1 Å². The molecule has 0 spiro atoms. The van der Waals surface area contributed by atoms with Gasteiger partial charge in [-0.25, -0.2) is 48.0 Å². The number of furan rings is 1. The Balaban J connectivity index is 0.000000193. The van der Waals surface area contributed by atoms with Crippen molar-refractivity contribution in [3.8, 4) is 62.3 Å². The number of ether oxygens (including phenoxy) is 3. The van der Waals surface area contributed by atoms with Crippen molar-refractivity contribution in [3.05, 3.63) is 305 Å². The average Bonchev–Trinajstić information content (AvgIpc) is 1.59. The fourth-order valence-corrected chi connectivity index (χ4v) is 27.8. The number of anilines is 2. The molecular formula is C112H130ClFN10O20S4. The summed E-state index contributed by atoms with van der Waals surface area (Å²) in [7, 11) is -11.8. The standard InChI is InChI=1S/C29H30N2O5S.C29H28N2O5S.C27H28ClN3O5S.C27H28FN3O5S.8H2/c2*32-19-24-4-2-15-31(24)37(34,35)25-9-6-20(7-10-25)26-5-1-3-23(30-26)18-28(33)29(13-14-29)22-8-11-27-21(17-22)12-16-36-27;2*1-36-24-12-9-19(16-22(24)28)27(13-14-27)26(33)30-25-6-2-5-23(29-25)18-7-10-21(11-8-18)37(34,35)31-15-3-4-20(31)17-32;;;;;;;;/h1,3,5-11,17,24,32H,2,4,12-16,18-19H2;1,3,5-12,16-17,24,32H,2,4,13-15,18-19H2;2*2,5-12,16,20,32H,3-4,13-15,17H2,1H3,(H,29,30,33);8*1H/t2*24-;2*20-;;;;;;;;/m1111......../s1. The SMILES string of the molecule is COc1ccc(C2(C(=O)Nc3cccc(-c4ccc(S(=O)(=O)N5CCC[C@@H]5CO)cc4)n3)CC2)cc1Cl.COc1ccc(C2(C(=O)Nc3cccc(-c4ccc(S(=O)(=O)N5CCC[C@@H]5CO)cc4)n3)CC2)cc1F.O=C(Cc1cccc(-c2ccc(S(=O)(=O)N3CCC[C@@H]3CO)cc2)n1)C1(c2ccc3c(c2)CCO3)CC1.O=C(Cc1cccc(-c2ccc(S(=O)(=O)N3CCC[C@@H]3CO)cc2)n1)C1(c2ccc3occc3c2)CC1.[HH].[HH].[HH].[HH].[HH].[HH].[HH].[HH]. The first-order valence-electron chi connectivity index (χ1n) is 49.8. The van der Waals surface area contributed by atoms with Crippen LogP contribution in [0.2, 0.25) is 5.02 Å². The van der Waals surface area contributed by atoms with Crippen LogP contribution in [0.1, 0.15) is 153 Å². The number of carbonyl (C=O) groups is 4. The van der Waals surface area contributed by atoms with Crippen LogP contribution < -0.4 is 24.8 Å².